The molecule has 0 fully saturated rings. The second kappa shape index (κ2) is 7.70. The van der Waals surface area contributed by atoms with Crippen LogP contribution in [-0.4, -0.2) is 37.1 Å². The molecule has 9 heteroatoms. The zero-order chi connectivity index (χ0) is 16.0. The van der Waals surface area contributed by atoms with E-state index in [1.807, 2.05) is 0 Å². The van der Waals surface area contributed by atoms with Crippen LogP contribution in [0.4, 0.5) is 26.3 Å². The smallest absolute Gasteiger partial charge is 0.425 e. The highest BCUT2D eigenvalue weighted by Gasteiger charge is 2.48. The van der Waals surface area contributed by atoms with Gasteiger partial charge in [-0.1, -0.05) is 13.8 Å². The summed E-state index contributed by atoms with van der Waals surface area (Å²) < 4.78 is 81.7. The molecule has 0 amide bonds. The van der Waals surface area contributed by atoms with Crippen LogP contribution in [0.1, 0.15) is 33.1 Å². The molecular formula is C11H16F6O3. The predicted octanol–water partition coefficient (Wildman–Crippen LogP) is 3.62. The first-order valence-corrected chi connectivity index (χ1v) is 5.96. The minimum Gasteiger partial charge on any atom is -0.460 e. The van der Waals surface area contributed by atoms with Crippen LogP contribution in [0.15, 0.2) is 0 Å². The number of carbonyl (C=O) groups excluding carboxylic acids is 1. The quantitative estimate of drug-likeness (QED) is 0.532. The summed E-state index contributed by atoms with van der Waals surface area (Å²) in [6.45, 7) is 1.95. The Balaban J connectivity index is 4.61. The molecule has 120 valence electrons. The van der Waals surface area contributed by atoms with Gasteiger partial charge in [-0.05, 0) is 12.8 Å². The van der Waals surface area contributed by atoms with Crippen LogP contribution in [0.3, 0.4) is 0 Å². The molecule has 0 aliphatic carbocycles. The van der Waals surface area contributed by atoms with Gasteiger partial charge in [0.2, 0.25) is 0 Å². The number of alkyl halides is 6. The van der Waals surface area contributed by atoms with E-state index in [9.17, 15) is 31.1 Å². The minimum absolute atomic E-state index is 0.301. The maximum atomic E-state index is 12.5. The van der Waals surface area contributed by atoms with Gasteiger partial charge in [-0.25, -0.2) is 4.79 Å². The Bertz CT molecular complexity index is 296. The lowest BCUT2D eigenvalue weighted by atomic mass is 10.2. The SMILES string of the molecule is CCC(CC)OC(=O)C(OCCC(F)(F)F)C(F)(F)F. The van der Waals surface area contributed by atoms with E-state index < -0.39 is 43.6 Å². The van der Waals surface area contributed by atoms with Crippen LogP contribution in [0, 0.1) is 0 Å². The molecule has 1 unspecified atom stereocenters. The Hall–Kier alpha value is -0.990. The summed E-state index contributed by atoms with van der Waals surface area (Å²) in [6.07, 6.45) is -14.5. The number of carbonyl (C=O) groups is 1. The van der Waals surface area contributed by atoms with E-state index >= 15 is 0 Å². The molecule has 1 atom stereocenters. The van der Waals surface area contributed by atoms with Crippen molar-refractivity contribution in [1.82, 2.24) is 0 Å². The average molecular weight is 310 g/mol. The number of ether oxygens (including phenoxy) is 2. The number of halogens is 6. The highest BCUT2D eigenvalue weighted by Crippen LogP contribution is 2.26. The molecule has 3 nitrogen and oxygen atoms in total. The van der Waals surface area contributed by atoms with Crippen LogP contribution >= 0.6 is 0 Å². The number of hydrogen-bond acceptors (Lipinski definition) is 3. The molecule has 0 aliphatic rings. The number of rotatable bonds is 7. The second-order valence-electron chi connectivity index (χ2n) is 4.03. The highest BCUT2D eigenvalue weighted by atomic mass is 19.4. The molecular weight excluding hydrogens is 294 g/mol. The molecule has 0 bridgehead atoms. The zero-order valence-electron chi connectivity index (χ0n) is 11.0. The number of hydrogen-bond donors (Lipinski definition) is 0. The Morgan fingerprint density at radius 1 is 1.05 bits per heavy atom. The van der Waals surface area contributed by atoms with Crippen molar-refractivity contribution in [3.8, 4) is 0 Å². The predicted molar refractivity (Wildman–Crippen MR) is 56.9 cm³/mol. The van der Waals surface area contributed by atoms with Crippen molar-refractivity contribution >= 4 is 5.97 Å². The molecule has 0 heterocycles. The van der Waals surface area contributed by atoms with Gasteiger partial charge < -0.3 is 9.47 Å². The van der Waals surface area contributed by atoms with Crippen molar-refractivity contribution in [2.24, 2.45) is 0 Å². The lowest BCUT2D eigenvalue weighted by Crippen LogP contribution is -2.42. The first-order chi connectivity index (χ1) is 9.01. The lowest BCUT2D eigenvalue weighted by Gasteiger charge is -2.22. The maximum Gasteiger partial charge on any atom is 0.425 e. The minimum atomic E-state index is -5.12. The van der Waals surface area contributed by atoms with Crippen LogP contribution in [0.5, 0.6) is 0 Å². The third-order valence-corrected chi connectivity index (χ3v) is 2.37. The molecule has 0 radical (unpaired) electrons. The molecule has 20 heavy (non-hydrogen) atoms. The summed E-state index contributed by atoms with van der Waals surface area (Å²) in [5.41, 5.74) is 0. The van der Waals surface area contributed by atoms with Gasteiger partial charge in [-0.2, -0.15) is 26.3 Å². The van der Waals surface area contributed by atoms with Gasteiger partial charge in [0.05, 0.1) is 13.0 Å². The van der Waals surface area contributed by atoms with E-state index in [-0.39, 0.29) is 0 Å². The van der Waals surface area contributed by atoms with Gasteiger partial charge in [-0.15, -0.1) is 0 Å². The van der Waals surface area contributed by atoms with Crippen molar-refractivity contribution in [2.45, 2.75) is 57.7 Å². The van der Waals surface area contributed by atoms with Crippen molar-refractivity contribution in [3.63, 3.8) is 0 Å². The summed E-state index contributed by atoms with van der Waals surface area (Å²) in [5, 5.41) is 0. The summed E-state index contributed by atoms with van der Waals surface area (Å²) >= 11 is 0. The lowest BCUT2D eigenvalue weighted by molar-refractivity contribution is -0.239. The van der Waals surface area contributed by atoms with Gasteiger partial charge in [0, 0.05) is 0 Å². The summed E-state index contributed by atoms with van der Waals surface area (Å²) in [4.78, 5) is 11.3. The average Bonchev–Trinajstić information content (AvgIpc) is 2.28. The van der Waals surface area contributed by atoms with E-state index in [4.69, 9.17) is 0 Å². The fourth-order valence-electron chi connectivity index (χ4n) is 1.27. The molecule has 0 saturated carbocycles. The number of esters is 1. The third-order valence-electron chi connectivity index (χ3n) is 2.37. The van der Waals surface area contributed by atoms with Crippen LogP contribution in [0.2, 0.25) is 0 Å². The van der Waals surface area contributed by atoms with Crippen LogP contribution in [-0.2, 0) is 14.3 Å². The molecule has 0 aromatic carbocycles. The fourth-order valence-corrected chi connectivity index (χ4v) is 1.27. The maximum absolute atomic E-state index is 12.5. The second-order valence-corrected chi connectivity index (χ2v) is 4.03. The van der Waals surface area contributed by atoms with Gasteiger partial charge >= 0.3 is 18.3 Å². The van der Waals surface area contributed by atoms with Crippen molar-refractivity contribution in [2.75, 3.05) is 6.61 Å². The first kappa shape index (κ1) is 19.0. The van der Waals surface area contributed by atoms with Crippen molar-refractivity contribution < 1.29 is 40.6 Å². The van der Waals surface area contributed by atoms with E-state index in [2.05, 4.69) is 9.47 Å². The summed E-state index contributed by atoms with van der Waals surface area (Å²) in [6, 6.07) is 0. The Labute approximate surface area is 112 Å². The Morgan fingerprint density at radius 3 is 1.90 bits per heavy atom. The van der Waals surface area contributed by atoms with Crippen LogP contribution in [0.25, 0.3) is 0 Å². The molecule has 0 aliphatic heterocycles. The molecule has 0 rings (SSSR count). The van der Waals surface area contributed by atoms with Gasteiger partial charge in [0.25, 0.3) is 6.10 Å². The van der Waals surface area contributed by atoms with Gasteiger partial charge in [0.1, 0.15) is 6.10 Å². The van der Waals surface area contributed by atoms with E-state index in [1.165, 1.54) is 0 Å². The van der Waals surface area contributed by atoms with Crippen molar-refractivity contribution in [3.05, 3.63) is 0 Å². The largest absolute Gasteiger partial charge is 0.460 e. The van der Waals surface area contributed by atoms with Gasteiger partial charge in [-0.3, -0.25) is 0 Å². The van der Waals surface area contributed by atoms with Crippen LogP contribution < -0.4 is 0 Å². The fraction of sp³-hybridized carbons (Fsp3) is 0.909. The zero-order valence-corrected chi connectivity index (χ0v) is 11.0. The molecule has 0 N–H and O–H groups in total. The summed E-state index contributed by atoms with van der Waals surface area (Å²) in [5.74, 6) is -1.71. The van der Waals surface area contributed by atoms with Crippen molar-refractivity contribution in [1.29, 1.82) is 0 Å². The van der Waals surface area contributed by atoms with E-state index in [0.717, 1.165) is 0 Å². The monoisotopic (exact) mass is 310 g/mol. The van der Waals surface area contributed by atoms with E-state index in [1.54, 1.807) is 13.8 Å². The highest BCUT2D eigenvalue weighted by molar-refractivity contribution is 5.75. The molecule has 0 aromatic rings. The Kier molecular flexibility index (Phi) is 7.32. The normalized spacial score (nSPS) is 14.4. The standard InChI is InChI=1S/C11H16F6O3/c1-3-7(4-2)20-9(18)8(11(15,16)17)19-6-5-10(12,13)14/h7-8H,3-6H2,1-2H3. The summed E-state index contributed by atoms with van der Waals surface area (Å²) in [7, 11) is 0. The van der Waals surface area contributed by atoms with E-state index in [0.29, 0.717) is 12.8 Å². The molecule has 0 spiro atoms. The third kappa shape index (κ3) is 7.56. The Morgan fingerprint density at radius 2 is 1.55 bits per heavy atom. The molecule has 0 aromatic heterocycles. The van der Waals surface area contributed by atoms with Gasteiger partial charge in [0.15, 0.2) is 0 Å². The molecule has 0 saturated heterocycles. The topological polar surface area (TPSA) is 35.5 Å². The first-order valence-electron chi connectivity index (χ1n) is 5.96.